The van der Waals surface area contributed by atoms with Crippen LogP contribution in [0, 0.1) is 5.92 Å². The first-order valence-electron chi connectivity index (χ1n) is 5.59. The molecule has 0 aromatic carbocycles. The molecule has 102 valence electrons. The van der Waals surface area contributed by atoms with E-state index in [0.29, 0.717) is 0 Å². The summed E-state index contributed by atoms with van der Waals surface area (Å²) < 4.78 is 4.33. The zero-order chi connectivity index (χ0) is 13.8. The molecular formula is C11H18N2O5. The highest BCUT2D eigenvalue weighted by Crippen LogP contribution is 2.23. The lowest BCUT2D eigenvalue weighted by atomic mass is 9.90. The molecular weight excluding hydrogens is 240 g/mol. The van der Waals surface area contributed by atoms with Crippen molar-refractivity contribution in [1.82, 2.24) is 5.16 Å². The Morgan fingerprint density at radius 3 is 2.00 bits per heavy atom. The summed E-state index contributed by atoms with van der Waals surface area (Å²) in [6.45, 7) is 0. The van der Waals surface area contributed by atoms with Crippen LogP contribution in [0.1, 0.15) is 32.1 Å². The van der Waals surface area contributed by atoms with Gasteiger partial charge in [0.2, 0.25) is 0 Å². The van der Waals surface area contributed by atoms with E-state index in [4.69, 9.17) is 15.0 Å². The van der Waals surface area contributed by atoms with Gasteiger partial charge in [-0.05, 0) is 18.9 Å². The van der Waals surface area contributed by atoms with E-state index in [1.165, 1.54) is 12.7 Å². The second-order valence-corrected chi connectivity index (χ2v) is 3.70. The summed E-state index contributed by atoms with van der Waals surface area (Å²) in [4.78, 5) is 19.1. The number of nitrogens with two attached hydrogens (primary N) is 1. The monoisotopic (exact) mass is 258 g/mol. The van der Waals surface area contributed by atoms with Gasteiger partial charge in [-0.2, -0.15) is 0 Å². The van der Waals surface area contributed by atoms with Crippen molar-refractivity contribution in [3.8, 4) is 0 Å². The fourth-order valence-electron chi connectivity index (χ4n) is 1.53. The molecule has 1 aliphatic rings. The van der Waals surface area contributed by atoms with E-state index in [1.807, 2.05) is 0 Å². The van der Waals surface area contributed by atoms with Crippen LogP contribution in [0.4, 0.5) is 4.79 Å². The van der Waals surface area contributed by atoms with Gasteiger partial charge >= 0.3 is 12.1 Å². The molecule has 0 spiro atoms. The molecule has 1 aliphatic carbocycles. The molecule has 0 unspecified atom stereocenters. The Morgan fingerprint density at radius 2 is 1.78 bits per heavy atom. The van der Waals surface area contributed by atoms with Gasteiger partial charge in [-0.15, -0.1) is 0 Å². The van der Waals surface area contributed by atoms with Crippen LogP contribution in [-0.4, -0.2) is 27.4 Å². The Hall–Kier alpha value is -2.05. The molecule has 1 aromatic heterocycles. The molecule has 2 rings (SSSR count). The summed E-state index contributed by atoms with van der Waals surface area (Å²) in [6.07, 6.45) is 7.00. The fraction of sp³-hybridized carbons (Fsp3) is 0.545. The summed E-state index contributed by atoms with van der Waals surface area (Å²) in [5.74, 6) is -0.631. The van der Waals surface area contributed by atoms with Crippen molar-refractivity contribution < 1.29 is 24.3 Å². The van der Waals surface area contributed by atoms with Gasteiger partial charge in [0.1, 0.15) is 6.26 Å². The first kappa shape index (κ1) is 16.0. The van der Waals surface area contributed by atoms with Gasteiger partial charge in [0.15, 0.2) is 0 Å². The molecule has 1 saturated carbocycles. The minimum atomic E-state index is -1.33. The van der Waals surface area contributed by atoms with Crippen molar-refractivity contribution in [3.63, 3.8) is 0 Å². The Labute approximate surface area is 105 Å². The molecule has 0 atom stereocenters. The van der Waals surface area contributed by atoms with E-state index in [-0.39, 0.29) is 5.92 Å². The SMILES string of the molecule is NC(=O)O.O=C(O)C1CCCCC1.c1cnoc1. The van der Waals surface area contributed by atoms with Gasteiger partial charge in [-0.1, -0.05) is 24.4 Å². The van der Waals surface area contributed by atoms with Crippen molar-refractivity contribution in [2.75, 3.05) is 0 Å². The van der Waals surface area contributed by atoms with Gasteiger partial charge in [0.05, 0.1) is 12.1 Å². The van der Waals surface area contributed by atoms with Gasteiger partial charge in [0, 0.05) is 0 Å². The van der Waals surface area contributed by atoms with Crippen LogP contribution in [0.15, 0.2) is 23.0 Å². The van der Waals surface area contributed by atoms with Crippen LogP contribution in [0.3, 0.4) is 0 Å². The smallest absolute Gasteiger partial charge is 0.402 e. The minimum Gasteiger partial charge on any atom is -0.481 e. The van der Waals surface area contributed by atoms with E-state index >= 15 is 0 Å². The lowest BCUT2D eigenvalue weighted by molar-refractivity contribution is -0.142. The molecule has 0 aliphatic heterocycles. The normalized spacial score (nSPS) is 14.4. The number of amides is 1. The molecule has 7 nitrogen and oxygen atoms in total. The summed E-state index contributed by atoms with van der Waals surface area (Å²) in [6, 6.07) is 1.72. The van der Waals surface area contributed by atoms with Gasteiger partial charge < -0.3 is 20.5 Å². The maximum Gasteiger partial charge on any atom is 0.402 e. The van der Waals surface area contributed by atoms with Crippen molar-refractivity contribution in [2.45, 2.75) is 32.1 Å². The highest BCUT2D eigenvalue weighted by molar-refractivity contribution is 5.69. The summed E-state index contributed by atoms with van der Waals surface area (Å²) in [7, 11) is 0. The molecule has 1 fully saturated rings. The molecule has 4 N–H and O–H groups in total. The number of aromatic nitrogens is 1. The maximum atomic E-state index is 10.4. The van der Waals surface area contributed by atoms with Crippen LogP contribution in [0.2, 0.25) is 0 Å². The van der Waals surface area contributed by atoms with E-state index < -0.39 is 12.1 Å². The summed E-state index contributed by atoms with van der Waals surface area (Å²) in [5, 5.41) is 19.1. The zero-order valence-corrected chi connectivity index (χ0v) is 9.99. The number of carboxylic acids is 1. The van der Waals surface area contributed by atoms with Crippen molar-refractivity contribution >= 4 is 12.1 Å². The number of hydrogen-bond donors (Lipinski definition) is 3. The average Bonchev–Trinajstić information content (AvgIpc) is 2.88. The van der Waals surface area contributed by atoms with E-state index in [0.717, 1.165) is 25.7 Å². The molecule has 0 bridgehead atoms. The lowest BCUT2D eigenvalue weighted by Crippen LogP contribution is -2.16. The Morgan fingerprint density at radius 1 is 1.22 bits per heavy atom. The number of carbonyl (C=O) groups is 2. The van der Waals surface area contributed by atoms with Crippen molar-refractivity contribution in [3.05, 3.63) is 18.5 Å². The summed E-state index contributed by atoms with van der Waals surface area (Å²) >= 11 is 0. The Bertz CT molecular complexity index is 299. The first-order valence-corrected chi connectivity index (χ1v) is 5.59. The zero-order valence-electron chi connectivity index (χ0n) is 9.99. The van der Waals surface area contributed by atoms with E-state index in [2.05, 4.69) is 15.4 Å². The third-order valence-corrected chi connectivity index (χ3v) is 2.30. The Kier molecular flexibility index (Phi) is 8.97. The molecule has 0 radical (unpaired) electrons. The van der Waals surface area contributed by atoms with E-state index in [1.54, 1.807) is 12.3 Å². The summed E-state index contributed by atoms with van der Waals surface area (Å²) in [5.41, 5.74) is 4.03. The topological polar surface area (TPSA) is 127 Å². The standard InChI is InChI=1S/C7H12O2.C3H3NO.CH3NO2/c8-7(9)6-4-2-1-3-5-6;1-2-4-5-3-1;2-1(3)4/h6H,1-5H2,(H,8,9);1-3H;2H2,(H,3,4). The predicted octanol–water partition coefficient (Wildman–Crippen LogP) is 1.95. The third kappa shape index (κ3) is 10.5. The number of hydrogen-bond acceptors (Lipinski definition) is 4. The lowest BCUT2D eigenvalue weighted by Gasteiger charge is -2.16. The number of primary amides is 1. The van der Waals surface area contributed by atoms with Gasteiger partial charge in [-0.3, -0.25) is 4.79 Å². The number of aliphatic carboxylic acids is 1. The van der Waals surface area contributed by atoms with Crippen molar-refractivity contribution in [1.29, 1.82) is 0 Å². The van der Waals surface area contributed by atoms with Gasteiger partial charge in [0.25, 0.3) is 0 Å². The highest BCUT2D eigenvalue weighted by Gasteiger charge is 2.19. The number of rotatable bonds is 1. The molecule has 1 amide bonds. The second kappa shape index (κ2) is 10.1. The molecule has 18 heavy (non-hydrogen) atoms. The maximum absolute atomic E-state index is 10.4. The third-order valence-electron chi connectivity index (χ3n) is 2.30. The van der Waals surface area contributed by atoms with Gasteiger partial charge in [-0.25, -0.2) is 4.79 Å². The quantitative estimate of drug-likeness (QED) is 0.706. The number of carboxylic acid groups (broad SMARTS) is 2. The first-order chi connectivity index (χ1) is 8.54. The Balaban J connectivity index is 0.000000272. The largest absolute Gasteiger partial charge is 0.481 e. The fourth-order valence-corrected chi connectivity index (χ4v) is 1.53. The van der Waals surface area contributed by atoms with Crippen LogP contribution < -0.4 is 5.73 Å². The predicted molar refractivity (Wildman–Crippen MR) is 62.9 cm³/mol. The second-order valence-electron chi connectivity index (χ2n) is 3.70. The molecule has 1 heterocycles. The van der Waals surface area contributed by atoms with Crippen LogP contribution >= 0.6 is 0 Å². The van der Waals surface area contributed by atoms with Crippen LogP contribution in [-0.2, 0) is 4.79 Å². The van der Waals surface area contributed by atoms with Crippen LogP contribution in [0.25, 0.3) is 0 Å². The molecule has 7 heteroatoms. The van der Waals surface area contributed by atoms with Crippen molar-refractivity contribution in [2.24, 2.45) is 11.7 Å². The molecule has 1 aromatic rings. The van der Waals surface area contributed by atoms with E-state index in [9.17, 15) is 4.79 Å². The highest BCUT2D eigenvalue weighted by atomic mass is 16.5. The molecule has 0 saturated heterocycles. The number of nitrogens with zero attached hydrogens (tertiary/aromatic N) is 1. The minimum absolute atomic E-state index is 0.0289. The average molecular weight is 258 g/mol. The van der Waals surface area contributed by atoms with Crippen LogP contribution in [0.5, 0.6) is 0 Å².